The van der Waals surface area contributed by atoms with Crippen molar-refractivity contribution in [2.24, 2.45) is 0 Å². The molecule has 29 heavy (non-hydrogen) atoms. The Bertz CT molecular complexity index is 1110. The minimum atomic E-state index is -3.90. The van der Waals surface area contributed by atoms with Gasteiger partial charge in [0, 0.05) is 25.5 Å². The van der Waals surface area contributed by atoms with E-state index in [-0.39, 0.29) is 4.90 Å². The third kappa shape index (κ3) is 2.90. The van der Waals surface area contributed by atoms with Gasteiger partial charge in [-0.15, -0.1) is 0 Å². The monoisotopic (exact) mass is 415 g/mol. The topological polar surface area (TPSA) is 72.9 Å². The van der Waals surface area contributed by atoms with Gasteiger partial charge in [-0.3, -0.25) is 4.79 Å². The minimum absolute atomic E-state index is 0.178. The maximum Gasteiger partial charge on any atom is 0.244 e. The van der Waals surface area contributed by atoms with Crippen LogP contribution in [-0.2, 0) is 14.6 Å². The molecule has 2 aliphatic rings. The number of nitrogens with zero attached hydrogens (tertiary/aromatic N) is 1. The molecule has 0 N–H and O–H groups in total. The van der Waals surface area contributed by atoms with Gasteiger partial charge in [0.25, 0.3) is 0 Å². The zero-order valence-electron chi connectivity index (χ0n) is 17.2. The number of methoxy groups -OCH3 is 1. The highest BCUT2D eigenvalue weighted by Crippen LogP contribution is 2.50. The van der Waals surface area contributed by atoms with Crippen LogP contribution < -0.4 is 9.47 Å². The Morgan fingerprint density at radius 2 is 1.86 bits per heavy atom. The second-order valence-electron chi connectivity index (χ2n) is 8.10. The summed E-state index contributed by atoms with van der Waals surface area (Å²) < 4.78 is 38.7. The summed E-state index contributed by atoms with van der Waals surface area (Å²) in [6.45, 7) is 5.62. The summed E-state index contributed by atoms with van der Waals surface area (Å²) in [5.74, 6) is 0.242. The lowest BCUT2D eigenvalue weighted by molar-refractivity contribution is -0.159. The molecule has 0 aromatic heterocycles. The van der Waals surface area contributed by atoms with Gasteiger partial charge in [0.1, 0.15) is 11.5 Å². The molecule has 6 nitrogen and oxygen atoms in total. The molecule has 2 aromatic rings. The average Bonchev–Trinajstić information content (AvgIpc) is 2.67. The molecular weight excluding hydrogens is 390 g/mol. The van der Waals surface area contributed by atoms with Crippen LogP contribution in [0, 0.1) is 13.8 Å². The summed E-state index contributed by atoms with van der Waals surface area (Å²) in [6.07, 6.45) is 0.406. The highest BCUT2D eigenvalue weighted by molar-refractivity contribution is 7.92. The molecule has 0 spiro atoms. The van der Waals surface area contributed by atoms with Crippen molar-refractivity contribution in [1.82, 2.24) is 4.90 Å². The van der Waals surface area contributed by atoms with Crippen LogP contribution in [-0.4, -0.2) is 44.4 Å². The zero-order chi connectivity index (χ0) is 21.1. The molecule has 2 bridgehead atoms. The van der Waals surface area contributed by atoms with E-state index in [1.54, 1.807) is 50.6 Å². The number of fused-ring (bicyclic) bond motifs is 4. The van der Waals surface area contributed by atoms with Gasteiger partial charge in [-0.1, -0.05) is 12.1 Å². The molecular formula is C22H25NO5S. The molecule has 2 heterocycles. The Balaban J connectivity index is 1.89. The molecule has 2 aromatic carbocycles. The lowest BCUT2D eigenvalue weighted by Gasteiger charge is -2.51. The number of hydrogen-bond acceptors (Lipinski definition) is 5. The Labute approximate surface area is 171 Å². The van der Waals surface area contributed by atoms with Crippen molar-refractivity contribution >= 4 is 15.7 Å². The summed E-state index contributed by atoms with van der Waals surface area (Å²) in [5, 5.41) is -1.20. The van der Waals surface area contributed by atoms with E-state index in [9.17, 15) is 13.2 Å². The van der Waals surface area contributed by atoms with Crippen molar-refractivity contribution in [3.63, 3.8) is 0 Å². The minimum Gasteiger partial charge on any atom is -0.497 e. The Hall–Kier alpha value is -2.54. The average molecular weight is 416 g/mol. The van der Waals surface area contributed by atoms with Gasteiger partial charge in [-0.05, 0) is 55.7 Å². The van der Waals surface area contributed by atoms with E-state index in [4.69, 9.17) is 9.47 Å². The molecule has 2 aliphatic heterocycles. The molecule has 0 radical (unpaired) electrons. The summed E-state index contributed by atoms with van der Waals surface area (Å²) >= 11 is 0. The Kier molecular flexibility index (Phi) is 4.42. The predicted octanol–water partition coefficient (Wildman–Crippen LogP) is 3.21. The Morgan fingerprint density at radius 3 is 2.52 bits per heavy atom. The molecule has 1 fully saturated rings. The van der Waals surface area contributed by atoms with Crippen molar-refractivity contribution < 1.29 is 22.7 Å². The number of ether oxygens (including phenoxy) is 2. The number of rotatable bonds is 3. The number of carbonyl (C=O) groups is 1. The van der Waals surface area contributed by atoms with Gasteiger partial charge in [0.15, 0.2) is 20.8 Å². The van der Waals surface area contributed by atoms with E-state index in [0.29, 0.717) is 17.9 Å². The molecule has 0 unspecified atom stereocenters. The number of benzene rings is 2. The summed E-state index contributed by atoms with van der Waals surface area (Å²) in [4.78, 5) is 14.9. The van der Waals surface area contributed by atoms with Crippen molar-refractivity contribution in [1.29, 1.82) is 0 Å². The fourth-order valence-corrected chi connectivity index (χ4v) is 6.28. The molecule has 1 amide bonds. The molecule has 3 atom stereocenters. The number of hydrogen-bond donors (Lipinski definition) is 0. The van der Waals surface area contributed by atoms with Gasteiger partial charge in [0.05, 0.1) is 12.0 Å². The van der Waals surface area contributed by atoms with Crippen molar-refractivity contribution in [2.75, 3.05) is 14.2 Å². The summed E-state index contributed by atoms with van der Waals surface area (Å²) in [5.41, 5.74) is 1.70. The fourth-order valence-electron chi connectivity index (χ4n) is 4.29. The third-order valence-electron chi connectivity index (χ3n) is 6.34. The number of sulfone groups is 1. The van der Waals surface area contributed by atoms with Crippen LogP contribution in [0.15, 0.2) is 41.3 Å². The quantitative estimate of drug-likeness (QED) is 0.770. The predicted molar refractivity (Wildman–Crippen MR) is 109 cm³/mol. The molecule has 0 aliphatic carbocycles. The summed E-state index contributed by atoms with van der Waals surface area (Å²) in [6, 6.07) is 10.4. The molecule has 4 rings (SSSR count). The number of aryl methyl sites for hydroxylation is 2. The van der Waals surface area contributed by atoms with Crippen LogP contribution in [0.2, 0.25) is 0 Å². The third-order valence-corrected chi connectivity index (χ3v) is 8.45. The first-order valence-corrected chi connectivity index (χ1v) is 11.1. The lowest BCUT2D eigenvalue weighted by atomic mass is 9.80. The van der Waals surface area contributed by atoms with Crippen LogP contribution in [0.1, 0.15) is 36.0 Å². The first kappa shape index (κ1) is 19.8. The number of likely N-dealkylation sites (tertiary alicyclic amines) is 1. The summed E-state index contributed by atoms with van der Waals surface area (Å²) in [7, 11) is -0.728. The van der Waals surface area contributed by atoms with E-state index in [2.05, 4.69) is 0 Å². The first-order chi connectivity index (χ1) is 13.6. The fraction of sp³-hybridized carbons (Fsp3) is 0.409. The largest absolute Gasteiger partial charge is 0.497 e. The van der Waals surface area contributed by atoms with E-state index in [1.165, 1.54) is 4.90 Å². The van der Waals surface area contributed by atoms with Crippen molar-refractivity contribution in [3.05, 3.63) is 53.1 Å². The van der Waals surface area contributed by atoms with Gasteiger partial charge in [0.2, 0.25) is 5.91 Å². The Morgan fingerprint density at radius 1 is 1.14 bits per heavy atom. The highest BCUT2D eigenvalue weighted by Gasteiger charge is 2.57. The number of piperidine rings is 1. The molecule has 154 valence electrons. The second kappa shape index (κ2) is 6.49. The van der Waals surface area contributed by atoms with E-state index in [1.807, 2.05) is 20.8 Å². The standard InChI is InChI=1S/C22H25NO5S/c1-13-6-8-16(10-14(13)2)29(25,26)20-18-12-22(3,23(4)21(20)24)28-19-11-15(27-5)7-9-17(18)19/h6-11,18,20H,12H2,1-5H3/t18-,20-,22+/m1/s1. The van der Waals surface area contributed by atoms with Crippen LogP contribution in [0.25, 0.3) is 0 Å². The van der Waals surface area contributed by atoms with Crippen LogP contribution in [0.3, 0.4) is 0 Å². The van der Waals surface area contributed by atoms with Crippen molar-refractivity contribution in [2.45, 2.75) is 49.0 Å². The van der Waals surface area contributed by atoms with E-state index in [0.717, 1.165) is 16.7 Å². The normalized spacial score (nSPS) is 26.0. The van der Waals surface area contributed by atoms with Crippen LogP contribution >= 0.6 is 0 Å². The van der Waals surface area contributed by atoms with E-state index < -0.39 is 32.6 Å². The number of carbonyl (C=O) groups excluding carboxylic acids is 1. The van der Waals surface area contributed by atoms with Gasteiger partial charge in [-0.25, -0.2) is 8.42 Å². The van der Waals surface area contributed by atoms with Gasteiger partial charge in [-0.2, -0.15) is 0 Å². The molecule has 0 saturated carbocycles. The van der Waals surface area contributed by atoms with Crippen molar-refractivity contribution in [3.8, 4) is 11.5 Å². The smallest absolute Gasteiger partial charge is 0.244 e. The number of amides is 1. The van der Waals surface area contributed by atoms with E-state index >= 15 is 0 Å². The second-order valence-corrected chi connectivity index (χ2v) is 10.2. The SMILES string of the molecule is COc1ccc2c(c1)O[C@@]1(C)C[C@H]2[C@@H](S(=O)(=O)c2ccc(C)c(C)c2)C(=O)N1C. The first-order valence-electron chi connectivity index (χ1n) is 9.54. The van der Waals surface area contributed by atoms with Gasteiger partial charge >= 0.3 is 0 Å². The van der Waals surface area contributed by atoms with Crippen LogP contribution in [0.4, 0.5) is 0 Å². The maximum absolute atomic E-state index is 13.6. The lowest BCUT2D eigenvalue weighted by Crippen LogP contribution is -2.64. The molecule has 1 saturated heterocycles. The van der Waals surface area contributed by atoms with Crippen LogP contribution in [0.5, 0.6) is 11.5 Å². The maximum atomic E-state index is 13.6. The van der Waals surface area contributed by atoms with Gasteiger partial charge < -0.3 is 14.4 Å². The zero-order valence-corrected chi connectivity index (χ0v) is 18.0. The molecule has 7 heteroatoms. The highest BCUT2D eigenvalue weighted by atomic mass is 32.2.